The van der Waals surface area contributed by atoms with E-state index in [2.05, 4.69) is 0 Å². The summed E-state index contributed by atoms with van der Waals surface area (Å²) < 4.78 is 7.26. The first kappa shape index (κ1) is 30.5. The van der Waals surface area contributed by atoms with Crippen molar-refractivity contribution < 1.29 is 39.2 Å². The minimum Gasteiger partial charge on any atom is -0.480 e. The lowest BCUT2D eigenvalue weighted by Gasteiger charge is -2.13. The van der Waals surface area contributed by atoms with E-state index in [0.29, 0.717) is 30.5 Å². The first-order valence-electron chi connectivity index (χ1n) is 12.4. The molecule has 0 unspecified atom stereocenters. The van der Waals surface area contributed by atoms with Crippen molar-refractivity contribution in [1.29, 1.82) is 0 Å². The Balaban J connectivity index is 2.35. The van der Waals surface area contributed by atoms with Gasteiger partial charge in [-0.25, -0.2) is 4.79 Å². The second kappa shape index (κ2) is 14.9. The predicted molar refractivity (Wildman–Crippen MR) is 137 cm³/mol. The van der Waals surface area contributed by atoms with E-state index in [9.17, 15) is 29.4 Å². The van der Waals surface area contributed by atoms with E-state index in [4.69, 9.17) is 27.0 Å². The zero-order valence-electron chi connectivity index (χ0n) is 21.1. The van der Waals surface area contributed by atoms with Crippen molar-refractivity contribution in [3.8, 4) is 0 Å². The van der Waals surface area contributed by atoms with E-state index in [1.165, 1.54) is 0 Å². The molecule has 2 rings (SSSR count). The Hall–Kier alpha value is -3.74. The lowest BCUT2D eigenvalue weighted by Crippen LogP contribution is -2.31. The number of unbranched alkanes of at least 4 members (excludes halogenated alkanes) is 1. The van der Waals surface area contributed by atoms with Crippen molar-refractivity contribution in [2.24, 2.45) is 17.2 Å². The summed E-state index contributed by atoms with van der Waals surface area (Å²) in [6.45, 7) is 0.358. The number of carboxylic acid groups (broad SMARTS) is 3. The van der Waals surface area contributed by atoms with Gasteiger partial charge in [-0.3, -0.25) is 14.4 Å². The van der Waals surface area contributed by atoms with Crippen LogP contribution >= 0.6 is 0 Å². The highest BCUT2D eigenvalue weighted by molar-refractivity contribution is 5.90. The maximum Gasteiger partial charge on any atom is 0.355 e. The van der Waals surface area contributed by atoms with Crippen LogP contribution in [0.5, 0.6) is 0 Å². The van der Waals surface area contributed by atoms with Crippen LogP contribution in [0.3, 0.4) is 0 Å². The molecule has 12 heteroatoms. The van der Waals surface area contributed by atoms with Gasteiger partial charge in [-0.05, 0) is 61.6 Å². The number of aliphatic carboxylic acids is 3. The molecule has 0 bridgehead atoms. The van der Waals surface area contributed by atoms with Crippen molar-refractivity contribution in [3.05, 3.63) is 58.9 Å². The third-order valence-corrected chi connectivity index (χ3v) is 6.22. The van der Waals surface area contributed by atoms with Crippen LogP contribution in [0.15, 0.2) is 36.5 Å². The normalized spacial score (nSPS) is 13.4. The number of carbonyl (C=O) groups excluding carboxylic acids is 1. The molecule has 0 fully saturated rings. The van der Waals surface area contributed by atoms with E-state index in [0.717, 1.165) is 5.56 Å². The number of nitrogens with zero attached hydrogens (tertiary/aromatic N) is 1. The molecule has 1 aromatic heterocycles. The van der Waals surface area contributed by atoms with Crippen LogP contribution in [0.2, 0.25) is 0 Å². The Morgan fingerprint density at radius 1 is 0.789 bits per heavy atom. The molecule has 0 aliphatic carbocycles. The number of aryl methyl sites for hydroxylation is 2. The molecule has 0 aliphatic rings. The van der Waals surface area contributed by atoms with Gasteiger partial charge in [0.05, 0.1) is 0 Å². The number of carboxylic acids is 3. The van der Waals surface area contributed by atoms with Gasteiger partial charge in [-0.15, -0.1) is 0 Å². The SMILES string of the molecule is N[C@@H](CCCCn1cc(CC[C@H](N)C(=O)O)c(CC[C@H](N)C(=O)O)c1C(=O)OCc1ccccc1)C(=O)O. The molecule has 0 aliphatic heterocycles. The minimum absolute atomic E-state index is 0.0195. The lowest BCUT2D eigenvalue weighted by molar-refractivity contribution is -0.139. The van der Waals surface area contributed by atoms with Gasteiger partial charge in [0.1, 0.15) is 30.4 Å². The number of ether oxygens (including phenoxy) is 1. The molecule has 1 aromatic carbocycles. The molecule has 0 amide bonds. The average molecular weight is 533 g/mol. The Morgan fingerprint density at radius 3 is 1.92 bits per heavy atom. The van der Waals surface area contributed by atoms with Gasteiger partial charge < -0.3 is 41.8 Å². The van der Waals surface area contributed by atoms with Gasteiger partial charge in [0.15, 0.2) is 0 Å². The summed E-state index contributed by atoms with van der Waals surface area (Å²) in [4.78, 5) is 46.9. The highest BCUT2D eigenvalue weighted by Crippen LogP contribution is 2.25. The summed E-state index contributed by atoms with van der Waals surface area (Å²) in [5.74, 6) is -4.05. The molecule has 2 aromatic rings. The van der Waals surface area contributed by atoms with Crippen molar-refractivity contribution in [3.63, 3.8) is 0 Å². The van der Waals surface area contributed by atoms with Crippen LogP contribution in [0, 0.1) is 0 Å². The molecule has 0 saturated carbocycles. The van der Waals surface area contributed by atoms with E-state index in [1.54, 1.807) is 10.8 Å². The van der Waals surface area contributed by atoms with Crippen LogP contribution in [-0.4, -0.2) is 61.9 Å². The Bertz CT molecular complexity index is 1100. The topological polar surface area (TPSA) is 221 Å². The number of benzene rings is 1. The van der Waals surface area contributed by atoms with Crippen molar-refractivity contribution in [1.82, 2.24) is 4.57 Å². The maximum atomic E-state index is 13.3. The maximum absolute atomic E-state index is 13.3. The number of esters is 1. The molecule has 3 atom stereocenters. The van der Waals surface area contributed by atoms with Gasteiger partial charge >= 0.3 is 23.9 Å². The van der Waals surface area contributed by atoms with Crippen LogP contribution in [0.25, 0.3) is 0 Å². The summed E-state index contributed by atoms with van der Waals surface area (Å²) in [7, 11) is 0. The highest BCUT2D eigenvalue weighted by Gasteiger charge is 2.25. The Labute approximate surface area is 220 Å². The van der Waals surface area contributed by atoms with Crippen molar-refractivity contribution in [2.45, 2.75) is 76.2 Å². The van der Waals surface area contributed by atoms with Crippen molar-refractivity contribution in [2.75, 3.05) is 0 Å². The standard InChI is InChI=1S/C26H36N4O8/c27-19(23(31)32)8-4-5-13-30-14-17(9-11-20(28)24(33)34)18(10-12-21(29)25(35)36)22(30)26(37)38-15-16-6-2-1-3-7-16/h1-3,6-7,14,19-21H,4-5,8-13,15,27-29H2,(H,31,32)(H,33,34)(H,35,36)/t19-,20-,21-/m0/s1. The van der Waals surface area contributed by atoms with E-state index in [-0.39, 0.29) is 44.4 Å². The van der Waals surface area contributed by atoms with Gasteiger partial charge in [0.2, 0.25) is 0 Å². The largest absolute Gasteiger partial charge is 0.480 e. The molecule has 38 heavy (non-hydrogen) atoms. The molecule has 9 N–H and O–H groups in total. The van der Waals surface area contributed by atoms with Crippen LogP contribution in [-0.2, 0) is 45.1 Å². The Morgan fingerprint density at radius 2 is 1.34 bits per heavy atom. The molecule has 1 heterocycles. The van der Waals surface area contributed by atoms with E-state index in [1.807, 2.05) is 30.3 Å². The first-order valence-corrected chi connectivity index (χ1v) is 12.4. The van der Waals surface area contributed by atoms with Crippen LogP contribution in [0.1, 0.15) is 59.3 Å². The quantitative estimate of drug-likeness (QED) is 0.125. The lowest BCUT2D eigenvalue weighted by atomic mass is 9.98. The third-order valence-electron chi connectivity index (χ3n) is 6.22. The second-order valence-corrected chi connectivity index (χ2v) is 9.14. The highest BCUT2D eigenvalue weighted by atomic mass is 16.5. The molecule has 208 valence electrons. The summed E-state index contributed by atoms with van der Waals surface area (Å²) in [6.07, 6.45) is 3.50. The fraction of sp³-hybridized carbons (Fsp3) is 0.462. The zero-order valence-corrected chi connectivity index (χ0v) is 21.1. The molecule has 0 spiro atoms. The molecule has 12 nitrogen and oxygen atoms in total. The van der Waals surface area contributed by atoms with Gasteiger partial charge in [-0.1, -0.05) is 30.3 Å². The van der Waals surface area contributed by atoms with Gasteiger partial charge in [-0.2, -0.15) is 0 Å². The molecular formula is C26H36N4O8. The number of aromatic nitrogens is 1. The summed E-state index contributed by atoms with van der Waals surface area (Å²) in [5.41, 5.74) is 19.2. The van der Waals surface area contributed by atoms with Crippen LogP contribution in [0.4, 0.5) is 0 Å². The molecule has 0 saturated heterocycles. The fourth-order valence-corrected chi connectivity index (χ4v) is 3.99. The summed E-state index contributed by atoms with van der Waals surface area (Å²) >= 11 is 0. The third kappa shape index (κ3) is 9.29. The second-order valence-electron chi connectivity index (χ2n) is 9.14. The van der Waals surface area contributed by atoms with E-state index >= 15 is 0 Å². The predicted octanol–water partition coefficient (Wildman–Crippen LogP) is 1.12. The smallest absolute Gasteiger partial charge is 0.355 e. The number of nitrogens with two attached hydrogens (primary N) is 3. The summed E-state index contributed by atoms with van der Waals surface area (Å²) in [6, 6.07) is 5.83. The number of hydrogen-bond donors (Lipinski definition) is 6. The van der Waals surface area contributed by atoms with Gasteiger partial charge in [0.25, 0.3) is 0 Å². The molecule has 0 radical (unpaired) electrons. The monoisotopic (exact) mass is 532 g/mol. The van der Waals surface area contributed by atoms with E-state index < -0.39 is 42.0 Å². The van der Waals surface area contributed by atoms with Crippen LogP contribution < -0.4 is 17.2 Å². The number of carbonyl (C=O) groups is 4. The minimum atomic E-state index is -1.18. The average Bonchev–Trinajstić information content (AvgIpc) is 3.24. The number of rotatable bonds is 17. The van der Waals surface area contributed by atoms with Gasteiger partial charge in [0, 0.05) is 12.7 Å². The number of hydrogen-bond acceptors (Lipinski definition) is 8. The Kier molecular flexibility index (Phi) is 11.9. The fourth-order valence-electron chi connectivity index (χ4n) is 3.99. The molecular weight excluding hydrogens is 496 g/mol. The summed E-state index contributed by atoms with van der Waals surface area (Å²) in [5, 5.41) is 27.4. The first-order chi connectivity index (χ1) is 18.0. The zero-order chi connectivity index (χ0) is 28.2. The van der Waals surface area contributed by atoms with Crippen molar-refractivity contribution >= 4 is 23.9 Å².